The molecule has 0 radical (unpaired) electrons. The average molecular weight is 629 g/mol. The van der Waals surface area contributed by atoms with E-state index in [0.717, 1.165) is 25.1 Å². The predicted molar refractivity (Wildman–Crippen MR) is 158 cm³/mol. The third-order valence-electron chi connectivity index (χ3n) is 7.00. The van der Waals surface area contributed by atoms with Crippen LogP contribution in [0.3, 0.4) is 0 Å². The number of anilines is 1. The maximum Gasteiger partial charge on any atom is 0.410 e. The molecule has 4 aromatic rings. The first-order chi connectivity index (χ1) is 18.9. The molecule has 0 aliphatic carbocycles. The topological polar surface area (TPSA) is 80.6 Å². The number of aryl methyl sites for hydroxylation is 1. The highest BCUT2D eigenvalue weighted by molar-refractivity contribution is 9.11. The lowest BCUT2D eigenvalue weighted by molar-refractivity contribution is 0.0196. The summed E-state index contributed by atoms with van der Waals surface area (Å²) in [5.41, 5.74) is 1.62. The van der Waals surface area contributed by atoms with E-state index in [4.69, 9.17) is 4.74 Å². The maximum atomic E-state index is 15.7. The molecule has 0 bridgehead atoms. The normalized spacial score (nSPS) is 15.9. The number of nitrogens with zero attached hydrogens (tertiary/aromatic N) is 5. The van der Waals surface area contributed by atoms with Gasteiger partial charge in [0.1, 0.15) is 17.2 Å². The summed E-state index contributed by atoms with van der Waals surface area (Å²) in [6.07, 6.45) is 4.20. The molecular weight excluding hydrogens is 597 g/mol. The summed E-state index contributed by atoms with van der Waals surface area (Å²) in [4.78, 5) is 35.0. The zero-order chi connectivity index (χ0) is 28.8. The minimum atomic E-state index is -0.646. The van der Waals surface area contributed by atoms with Crippen LogP contribution in [0, 0.1) is 12.7 Å². The molecule has 0 unspecified atom stereocenters. The molecule has 1 atom stereocenters. The van der Waals surface area contributed by atoms with E-state index >= 15 is 4.39 Å². The van der Waals surface area contributed by atoms with E-state index in [2.05, 4.69) is 26.0 Å². The summed E-state index contributed by atoms with van der Waals surface area (Å²) in [7, 11) is 1.83. The second-order valence-corrected chi connectivity index (χ2v) is 13.4. The molecule has 1 fully saturated rings. The van der Waals surface area contributed by atoms with Crippen molar-refractivity contribution in [2.75, 3.05) is 18.0 Å². The Morgan fingerprint density at radius 3 is 2.67 bits per heavy atom. The van der Waals surface area contributed by atoms with Gasteiger partial charge in [0.05, 0.1) is 21.6 Å². The predicted octanol–water partition coefficient (Wildman–Crippen LogP) is 6.95. The first kappa shape index (κ1) is 28.2. The fourth-order valence-electron chi connectivity index (χ4n) is 4.97. The minimum Gasteiger partial charge on any atom is -0.444 e. The SMILES string of the molecule is Cc1c(-c2ccc(C(=O)N(c3nccc4sc(Br)cc34)[C@@H]3CCCN(C(=O)OC(C)(C)C)C3)c(F)c2)cnn1C. The number of carbonyl (C=O) groups is 2. The summed E-state index contributed by atoms with van der Waals surface area (Å²) in [5, 5.41) is 5.03. The van der Waals surface area contributed by atoms with E-state index in [1.807, 2.05) is 46.9 Å². The number of fused-ring (bicyclic) bond motifs is 1. The van der Waals surface area contributed by atoms with Crippen LogP contribution in [-0.2, 0) is 11.8 Å². The van der Waals surface area contributed by atoms with Gasteiger partial charge < -0.3 is 9.64 Å². The Balaban J connectivity index is 1.55. The zero-order valence-corrected chi connectivity index (χ0v) is 25.5. The molecule has 11 heteroatoms. The summed E-state index contributed by atoms with van der Waals surface area (Å²) >= 11 is 5.07. The van der Waals surface area contributed by atoms with E-state index in [9.17, 15) is 9.59 Å². The highest BCUT2D eigenvalue weighted by atomic mass is 79.9. The van der Waals surface area contributed by atoms with Crippen molar-refractivity contribution in [1.82, 2.24) is 19.7 Å². The van der Waals surface area contributed by atoms with E-state index in [1.54, 1.807) is 32.9 Å². The molecule has 1 saturated heterocycles. The summed E-state index contributed by atoms with van der Waals surface area (Å²) in [6, 6.07) is 8.01. The Morgan fingerprint density at radius 2 is 2.00 bits per heavy atom. The number of benzene rings is 1. The monoisotopic (exact) mass is 627 g/mol. The third-order valence-corrected chi connectivity index (χ3v) is 8.60. The van der Waals surface area contributed by atoms with Gasteiger partial charge in [0, 0.05) is 47.7 Å². The van der Waals surface area contributed by atoms with Gasteiger partial charge in [-0.15, -0.1) is 11.3 Å². The van der Waals surface area contributed by atoms with Crippen LogP contribution in [0.15, 0.2) is 46.5 Å². The number of hydrogen-bond donors (Lipinski definition) is 0. The molecule has 0 N–H and O–H groups in total. The largest absolute Gasteiger partial charge is 0.444 e. The molecule has 0 saturated carbocycles. The second kappa shape index (κ2) is 10.9. The van der Waals surface area contributed by atoms with E-state index < -0.39 is 29.5 Å². The van der Waals surface area contributed by atoms with Gasteiger partial charge in [-0.2, -0.15) is 5.10 Å². The Bertz CT molecular complexity index is 1590. The van der Waals surface area contributed by atoms with Crippen LogP contribution >= 0.6 is 27.3 Å². The summed E-state index contributed by atoms with van der Waals surface area (Å²) in [5.74, 6) is -0.702. The van der Waals surface area contributed by atoms with Crippen molar-refractivity contribution in [3.05, 3.63) is 63.6 Å². The zero-order valence-electron chi connectivity index (χ0n) is 23.1. The number of thiophene rings is 1. The molecule has 2 amide bonds. The Kier molecular flexibility index (Phi) is 7.71. The van der Waals surface area contributed by atoms with Gasteiger partial charge in [0.2, 0.25) is 0 Å². The van der Waals surface area contributed by atoms with Crippen LogP contribution in [0.2, 0.25) is 0 Å². The molecular formula is C29H31BrFN5O3S. The molecule has 1 aromatic carbocycles. The molecule has 8 nitrogen and oxygen atoms in total. The van der Waals surface area contributed by atoms with Crippen molar-refractivity contribution >= 4 is 55.2 Å². The number of amides is 2. The average Bonchev–Trinajstić information content (AvgIpc) is 3.44. The van der Waals surface area contributed by atoms with E-state index in [1.165, 1.54) is 23.5 Å². The molecule has 0 spiro atoms. The Hall–Kier alpha value is -3.31. The van der Waals surface area contributed by atoms with Gasteiger partial charge >= 0.3 is 6.09 Å². The van der Waals surface area contributed by atoms with Gasteiger partial charge in [0.25, 0.3) is 5.91 Å². The highest BCUT2D eigenvalue weighted by Gasteiger charge is 2.36. The van der Waals surface area contributed by atoms with Crippen molar-refractivity contribution in [2.24, 2.45) is 7.05 Å². The van der Waals surface area contributed by atoms with E-state index in [-0.39, 0.29) is 12.1 Å². The fourth-order valence-corrected chi connectivity index (χ4v) is 6.50. The van der Waals surface area contributed by atoms with E-state index in [0.29, 0.717) is 30.8 Å². The van der Waals surface area contributed by atoms with Crippen LogP contribution in [0.1, 0.15) is 49.7 Å². The number of piperidine rings is 1. The van der Waals surface area contributed by atoms with Gasteiger partial charge in [-0.3, -0.25) is 14.4 Å². The van der Waals surface area contributed by atoms with Crippen LogP contribution in [-0.4, -0.2) is 56.4 Å². The standard InChI is InChI=1S/C29H31BrFN5O3S/c1-17-22(15-33-34(17)5)18-8-9-20(23(31)13-18)27(37)36(26-21-14-25(30)40-24(21)10-11-32-26)19-7-6-12-35(16-19)28(38)39-29(2,3)4/h8-11,13-15,19H,6-7,12,16H2,1-5H3/t19-/m1/s1. The van der Waals surface area contributed by atoms with Crippen LogP contribution in [0.25, 0.3) is 21.2 Å². The minimum absolute atomic E-state index is 0.0622. The second-order valence-electron chi connectivity index (χ2n) is 11.0. The highest BCUT2D eigenvalue weighted by Crippen LogP contribution is 2.37. The van der Waals surface area contributed by atoms with Crippen LogP contribution in [0.5, 0.6) is 0 Å². The third kappa shape index (κ3) is 5.62. The molecule has 1 aliphatic rings. The molecule has 4 heterocycles. The van der Waals surface area contributed by atoms with Gasteiger partial charge in [-0.25, -0.2) is 14.2 Å². The maximum absolute atomic E-state index is 15.7. The quantitative estimate of drug-likeness (QED) is 0.244. The fraction of sp³-hybridized carbons (Fsp3) is 0.379. The first-order valence-corrected chi connectivity index (χ1v) is 14.7. The Labute approximate surface area is 244 Å². The number of aromatic nitrogens is 3. The number of pyridine rings is 1. The number of rotatable bonds is 4. The van der Waals surface area contributed by atoms with Gasteiger partial charge in [0.15, 0.2) is 0 Å². The molecule has 3 aromatic heterocycles. The molecule has 1 aliphatic heterocycles. The molecule has 40 heavy (non-hydrogen) atoms. The number of hydrogen-bond acceptors (Lipinski definition) is 6. The lowest BCUT2D eigenvalue weighted by Gasteiger charge is -2.39. The number of ether oxygens (including phenoxy) is 1. The molecule has 210 valence electrons. The van der Waals surface area contributed by atoms with Crippen LogP contribution in [0.4, 0.5) is 15.0 Å². The molecule has 5 rings (SSSR count). The van der Waals surface area contributed by atoms with Crippen LogP contribution < -0.4 is 4.90 Å². The van der Waals surface area contributed by atoms with Gasteiger partial charge in [-0.1, -0.05) is 6.07 Å². The summed E-state index contributed by atoms with van der Waals surface area (Å²) in [6.45, 7) is 8.13. The van der Waals surface area contributed by atoms with Crippen molar-refractivity contribution in [3.8, 4) is 11.1 Å². The van der Waals surface area contributed by atoms with Crippen molar-refractivity contribution < 1.29 is 18.7 Å². The van der Waals surface area contributed by atoms with Crippen molar-refractivity contribution in [1.29, 1.82) is 0 Å². The summed E-state index contributed by atoms with van der Waals surface area (Å²) < 4.78 is 24.9. The van der Waals surface area contributed by atoms with Crippen molar-refractivity contribution in [3.63, 3.8) is 0 Å². The Morgan fingerprint density at radius 1 is 1.23 bits per heavy atom. The van der Waals surface area contributed by atoms with Gasteiger partial charge in [-0.05, 0) is 86.3 Å². The number of carbonyl (C=O) groups excluding carboxylic acids is 2. The number of likely N-dealkylation sites (tertiary alicyclic amines) is 1. The lowest BCUT2D eigenvalue weighted by Crippen LogP contribution is -2.53. The first-order valence-electron chi connectivity index (χ1n) is 13.1. The van der Waals surface area contributed by atoms with Crippen molar-refractivity contribution in [2.45, 2.75) is 52.2 Å². The number of halogens is 2. The smallest absolute Gasteiger partial charge is 0.410 e. The lowest BCUT2D eigenvalue weighted by atomic mass is 10.0.